The third kappa shape index (κ3) is 3.10. The number of nitrogen functional groups attached to an aromatic ring is 1. The number of likely N-dealkylation sites (tertiary alicyclic amines) is 1. The van der Waals surface area contributed by atoms with E-state index in [2.05, 4.69) is 0 Å². The minimum Gasteiger partial charge on any atom is -0.475 e. The van der Waals surface area contributed by atoms with Crippen LogP contribution in [0.3, 0.4) is 0 Å². The van der Waals surface area contributed by atoms with Crippen molar-refractivity contribution in [3.63, 3.8) is 0 Å². The zero-order valence-corrected chi connectivity index (χ0v) is 9.63. The molecule has 1 aromatic rings. The topological polar surface area (TPSA) is 81.6 Å². The largest absolute Gasteiger partial charge is 0.475 e. The molecule has 1 amide bonds. The van der Waals surface area contributed by atoms with Crippen LogP contribution in [0.2, 0.25) is 0 Å². The van der Waals surface area contributed by atoms with Crippen molar-refractivity contribution >= 4 is 11.6 Å². The molecule has 0 bridgehead atoms. The molecule has 0 aliphatic carbocycles. The van der Waals surface area contributed by atoms with Crippen LogP contribution in [0.25, 0.3) is 0 Å². The summed E-state index contributed by atoms with van der Waals surface area (Å²) in [6, 6.07) is 7.25. The molecule has 5 nitrogen and oxygen atoms in total. The second-order valence-electron chi connectivity index (χ2n) is 4.22. The Morgan fingerprint density at radius 3 is 2.76 bits per heavy atom. The lowest BCUT2D eigenvalue weighted by Crippen LogP contribution is -2.40. The van der Waals surface area contributed by atoms with Crippen molar-refractivity contribution in [3.05, 3.63) is 24.3 Å². The maximum absolute atomic E-state index is 10.9. The highest BCUT2D eigenvalue weighted by molar-refractivity contribution is 5.76. The Morgan fingerprint density at radius 2 is 2.12 bits per heavy atom. The van der Waals surface area contributed by atoms with E-state index in [1.807, 2.05) is 17.0 Å². The molecule has 1 aromatic carbocycles. The van der Waals surface area contributed by atoms with Crippen molar-refractivity contribution in [2.24, 2.45) is 5.73 Å². The molecule has 1 aliphatic heterocycles. The van der Waals surface area contributed by atoms with Crippen molar-refractivity contribution < 1.29 is 9.53 Å². The number of hydrogen-bond donors (Lipinski definition) is 2. The van der Waals surface area contributed by atoms with Crippen LogP contribution in [-0.4, -0.2) is 30.1 Å². The van der Waals surface area contributed by atoms with E-state index < -0.39 is 0 Å². The standard InChI is InChI=1S/C12H17N3O2/c13-9-3-5-10(6-4-9)17-12-2-1-7-15(12)8-11(14)16/h3-6,12H,1-2,7-8,13H2,(H2,14,16). The Balaban J connectivity index is 1.97. The molecule has 0 spiro atoms. The lowest BCUT2D eigenvalue weighted by Gasteiger charge is -2.23. The number of rotatable bonds is 4. The Hall–Kier alpha value is -1.75. The highest BCUT2D eigenvalue weighted by atomic mass is 16.5. The summed E-state index contributed by atoms with van der Waals surface area (Å²) in [5.41, 5.74) is 11.5. The average Bonchev–Trinajstić information content (AvgIpc) is 2.68. The molecule has 17 heavy (non-hydrogen) atoms. The first kappa shape index (κ1) is 11.7. The number of nitrogens with zero attached hydrogens (tertiary/aromatic N) is 1. The minimum absolute atomic E-state index is 0.0638. The maximum Gasteiger partial charge on any atom is 0.231 e. The number of ether oxygens (including phenoxy) is 1. The van der Waals surface area contributed by atoms with Gasteiger partial charge in [0.15, 0.2) is 6.23 Å². The molecule has 1 heterocycles. The zero-order valence-electron chi connectivity index (χ0n) is 9.63. The van der Waals surface area contributed by atoms with Crippen LogP contribution in [0, 0.1) is 0 Å². The van der Waals surface area contributed by atoms with Gasteiger partial charge in [-0.1, -0.05) is 0 Å². The first-order chi connectivity index (χ1) is 8.15. The van der Waals surface area contributed by atoms with Crippen LogP contribution >= 0.6 is 0 Å². The Bertz CT molecular complexity index is 391. The summed E-state index contributed by atoms with van der Waals surface area (Å²) >= 11 is 0. The Morgan fingerprint density at radius 1 is 1.41 bits per heavy atom. The Labute approximate surface area is 100 Å². The number of anilines is 1. The summed E-state index contributed by atoms with van der Waals surface area (Å²) in [4.78, 5) is 12.9. The van der Waals surface area contributed by atoms with Crippen molar-refractivity contribution in [2.45, 2.75) is 19.1 Å². The second kappa shape index (κ2) is 5.05. The molecule has 0 saturated carbocycles. The fraction of sp³-hybridized carbons (Fsp3) is 0.417. The monoisotopic (exact) mass is 235 g/mol. The first-order valence-electron chi connectivity index (χ1n) is 5.70. The van der Waals surface area contributed by atoms with E-state index in [-0.39, 0.29) is 18.7 Å². The third-order valence-electron chi connectivity index (χ3n) is 2.81. The molecule has 2 rings (SSSR count). The first-order valence-corrected chi connectivity index (χ1v) is 5.70. The van der Waals surface area contributed by atoms with E-state index in [9.17, 15) is 4.79 Å². The van der Waals surface area contributed by atoms with Gasteiger partial charge in [-0.25, -0.2) is 0 Å². The fourth-order valence-electron chi connectivity index (χ4n) is 2.01. The van der Waals surface area contributed by atoms with Gasteiger partial charge in [0, 0.05) is 12.2 Å². The normalized spacial score (nSPS) is 20.4. The number of carbonyl (C=O) groups is 1. The smallest absolute Gasteiger partial charge is 0.231 e. The number of carbonyl (C=O) groups excluding carboxylic acids is 1. The zero-order chi connectivity index (χ0) is 12.3. The Kier molecular flexibility index (Phi) is 3.49. The molecule has 0 aromatic heterocycles. The molecule has 1 unspecified atom stereocenters. The van der Waals surface area contributed by atoms with Crippen LogP contribution in [0.1, 0.15) is 12.8 Å². The lowest BCUT2D eigenvalue weighted by atomic mass is 10.3. The molecular weight excluding hydrogens is 218 g/mol. The van der Waals surface area contributed by atoms with Crippen molar-refractivity contribution in [1.82, 2.24) is 4.90 Å². The number of primary amides is 1. The summed E-state index contributed by atoms with van der Waals surface area (Å²) in [5.74, 6) is 0.443. The highest BCUT2D eigenvalue weighted by Gasteiger charge is 2.27. The predicted octanol–water partition coefficient (Wildman–Crippen LogP) is 0.555. The van der Waals surface area contributed by atoms with E-state index in [1.54, 1.807) is 12.1 Å². The predicted molar refractivity (Wildman–Crippen MR) is 65.3 cm³/mol. The number of amides is 1. The molecule has 1 aliphatic rings. The van der Waals surface area contributed by atoms with Gasteiger partial charge in [-0.3, -0.25) is 9.69 Å². The number of hydrogen-bond acceptors (Lipinski definition) is 4. The number of nitrogens with two attached hydrogens (primary N) is 2. The molecule has 0 radical (unpaired) electrons. The van der Waals surface area contributed by atoms with Crippen LogP contribution in [0.4, 0.5) is 5.69 Å². The minimum atomic E-state index is -0.321. The molecule has 1 atom stereocenters. The summed E-state index contributed by atoms with van der Waals surface area (Å²) in [7, 11) is 0. The van der Waals surface area contributed by atoms with Crippen molar-refractivity contribution in [2.75, 3.05) is 18.8 Å². The summed E-state index contributed by atoms with van der Waals surface area (Å²) < 4.78 is 5.81. The summed E-state index contributed by atoms with van der Waals surface area (Å²) in [5, 5.41) is 0. The SMILES string of the molecule is NC(=O)CN1CCCC1Oc1ccc(N)cc1. The van der Waals surface area contributed by atoms with Gasteiger partial charge < -0.3 is 16.2 Å². The molecule has 5 heteroatoms. The van der Waals surface area contributed by atoms with Crippen molar-refractivity contribution in [1.29, 1.82) is 0 Å². The van der Waals surface area contributed by atoms with E-state index in [4.69, 9.17) is 16.2 Å². The maximum atomic E-state index is 10.9. The van der Waals surface area contributed by atoms with Gasteiger partial charge in [0.2, 0.25) is 5.91 Å². The van der Waals surface area contributed by atoms with E-state index in [0.29, 0.717) is 5.69 Å². The van der Waals surface area contributed by atoms with Crippen molar-refractivity contribution in [3.8, 4) is 5.75 Å². The van der Waals surface area contributed by atoms with E-state index in [0.717, 1.165) is 25.1 Å². The number of benzene rings is 1. The highest BCUT2D eigenvalue weighted by Crippen LogP contribution is 2.22. The molecule has 92 valence electrons. The molecular formula is C12H17N3O2. The van der Waals surface area contributed by atoms with Crippen LogP contribution in [0.15, 0.2) is 24.3 Å². The van der Waals surface area contributed by atoms with Gasteiger partial charge in [0.1, 0.15) is 5.75 Å². The summed E-state index contributed by atoms with van der Waals surface area (Å²) in [6.07, 6.45) is 1.87. The van der Waals surface area contributed by atoms with Crippen LogP contribution < -0.4 is 16.2 Å². The van der Waals surface area contributed by atoms with Gasteiger partial charge >= 0.3 is 0 Å². The quantitative estimate of drug-likeness (QED) is 0.747. The van der Waals surface area contributed by atoms with Crippen LogP contribution in [0.5, 0.6) is 5.75 Å². The lowest BCUT2D eigenvalue weighted by molar-refractivity contribution is -0.120. The molecule has 4 N–H and O–H groups in total. The van der Waals surface area contributed by atoms with E-state index in [1.165, 1.54) is 0 Å². The summed E-state index contributed by atoms with van der Waals surface area (Å²) in [6.45, 7) is 1.10. The van der Waals surface area contributed by atoms with Gasteiger partial charge in [0.25, 0.3) is 0 Å². The van der Waals surface area contributed by atoms with Gasteiger partial charge in [-0.15, -0.1) is 0 Å². The van der Waals surface area contributed by atoms with Gasteiger partial charge in [-0.05, 0) is 37.1 Å². The second-order valence-corrected chi connectivity index (χ2v) is 4.22. The van der Waals surface area contributed by atoms with E-state index >= 15 is 0 Å². The van der Waals surface area contributed by atoms with Gasteiger partial charge in [0.05, 0.1) is 6.54 Å². The average molecular weight is 235 g/mol. The third-order valence-corrected chi connectivity index (χ3v) is 2.81. The van der Waals surface area contributed by atoms with Gasteiger partial charge in [-0.2, -0.15) is 0 Å². The van der Waals surface area contributed by atoms with Crippen LogP contribution in [-0.2, 0) is 4.79 Å². The molecule has 1 saturated heterocycles. The fourth-order valence-corrected chi connectivity index (χ4v) is 2.01. The molecule has 1 fully saturated rings.